The summed E-state index contributed by atoms with van der Waals surface area (Å²) >= 11 is 0. The molecule has 2 rings (SSSR count). The van der Waals surface area contributed by atoms with Crippen LogP contribution in [0.2, 0.25) is 0 Å². The van der Waals surface area contributed by atoms with Gasteiger partial charge >= 0.3 is 5.97 Å². The molecule has 1 amide bonds. The Hall–Kier alpha value is -2.04. The molecule has 2 unspecified atom stereocenters. The minimum Gasteiger partial charge on any atom is -0.481 e. The molecule has 102 valence electrons. The first kappa shape index (κ1) is 13.4. The molecule has 1 heterocycles. The summed E-state index contributed by atoms with van der Waals surface area (Å²) in [6, 6.07) is 7.11. The molecule has 0 aliphatic carbocycles. The topological polar surface area (TPSA) is 83.6 Å². The van der Waals surface area contributed by atoms with Gasteiger partial charge in [0.1, 0.15) is 0 Å². The largest absolute Gasteiger partial charge is 0.481 e. The highest BCUT2D eigenvalue weighted by Gasteiger charge is 2.31. The molecule has 1 aromatic carbocycles. The molecular weight excluding hydrogens is 244 g/mol. The van der Waals surface area contributed by atoms with Crippen molar-refractivity contribution >= 4 is 17.6 Å². The number of benzene rings is 1. The summed E-state index contributed by atoms with van der Waals surface area (Å²) in [7, 11) is 0. The van der Waals surface area contributed by atoms with Crippen molar-refractivity contribution in [2.45, 2.75) is 13.3 Å². The van der Waals surface area contributed by atoms with Crippen LogP contribution in [0.1, 0.15) is 23.7 Å². The molecule has 5 heteroatoms. The number of nitrogens with two attached hydrogens (primary N) is 1. The van der Waals surface area contributed by atoms with Gasteiger partial charge in [0.15, 0.2) is 0 Å². The summed E-state index contributed by atoms with van der Waals surface area (Å²) in [6.45, 7) is 3.40. The molecule has 1 aliphatic rings. The molecule has 3 N–H and O–H groups in total. The van der Waals surface area contributed by atoms with Crippen LogP contribution in [0.15, 0.2) is 24.3 Å². The maximum absolute atomic E-state index is 11.1. The standard InChI is InChI=1S/C14H18N2O3/c1-9-8-16(7-6-12(9)14(18)19)11-4-2-10(3-5-11)13(15)17/h2-5,9,12H,6-8H2,1H3,(H2,15,17)(H,18,19). The number of aliphatic carboxylic acids is 1. The maximum atomic E-state index is 11.1. The SMILES string of the molecule is CC1CN(c2ccc(C(N)=O)cc2)CCC1C(=O)O. The van der Waals surface area contributed by atoms with Crippen molar-refractivity contribution in [3.63, 3.8) is 0 Å². The van der Waals surface area contributed by atoms with E-state index >= 15 is 0 Å². The Balaban J connectivity index is 2.08. The van der Waals surface area contributed by atoms with Crippen molar-refractivity contribution in [3.8, 4) is 0 Å². The zero-order valence-electron chi connectivity index (χ0n) is 10.9. The summed E-state index contributed by atoms with van der Waals surface area (Å²) in [4.78, 5) is 24.2. The third kappa shape index (κ3) is 2.86. The zero-order valence-corrected chi connectivity index (χ0v) is 10.9. The molecule has 0 spiro atoms. The molecule has 2 atom stereocenters. The zero-order chi connectivity index (χ0) is 14.0. The molecule has 1 fully saturated rings. The van der Waals surface area contributed by atoms with E-state index in [0.717, 1.165) is 12.2 Å². The van der Waals surface area contributed by atoms with Crippen LogP contribution in [0.3, 0.4) is 0 Å². The number of rotatable bonds is 3. The van der Waals surface area contributed by atoms with Gasteiger partial charge in [-0.3, -0.25) is 9.59 Å². The van der Waals surface area contributed by atoms with Crippen LogP contribution in [0, 0.1) is 11.8 Å². The van der Waals surface area contributed by atoms with E-state index in [9.17, 15) is 9.59 Å². The Labute approximate surface area is 112 Å². The molecule has 5 nitrogen and oxygen atoms in total. The van der Waals surface area contributed by atoms with Gasteiger partial charge in [0.25, 0.3) is 0 Å². The summed E-state index contributed by atoms with van der Waals surface area (Å²) < 4.78 is 0. The van der Waals surface area contributed by atoms with E-state index < -0.39 is 11.9 Å². The van der Waals surface area contributed by atoms with E-state index in [4.69, 9.17) is 10.8 Å². The number of anilines is 1. The average Bonchev–Trinajstić information content (AvgIpc) is 2.38. The first-order valence-electron chi connectivity index (χ1n) is 6.36. The first-order valence-corrected chi connectivity index (χ1v) is 6.36. The van der Waals surface area contributed by atoms with Crippen LogP contribution in [0.4, 0.5) is 5.69 Å². The fourth-order valence-corrected chi connectivity index (χ4v) is 2.58. The smallest absolute Gasteiger partial charge is 0.306 e. The Morgan fingerprint density at radius 2 is 1.95 bits per heavy atom. The van der Waals surface area contributed by atoms with Gasteiger partial charge in [0, 0.05) is 24.3 Å². The van der Waals surface area contributed by atoms with Crippen molar-refractivity contribution < 1.29 is 14.7 Å². The van der Waals surface area contributed by atoms with E-state index in [2.05, 4.69) is 4.90 Å². The monoisotopic (exact) mass is 262 g/mol. The van der Waals surface area contributed by atoms with Crippen LogP contribution in [-0.2, 0) is 4.79 Å². The second kappa shape index (κ2) is 5.30. The van der Waals surface area contributed by atoms with E-state index in [-0.39, 0.29) is 11.8 Å². The minimum atomic E-state index is -0.712. The number of piperidine rings is 1. The molecule has 1 aromatic rings. The Kier molecular flexibility index (Phi) is 3.74. The number of amides is 1. The van der Waals surface area contributed by atoms with Crippen molar-refractivity contribution in [1.82, 2.24) is 0 Å². The average molecular weight is 262 g/mol. The van der Waals surface area contributed by atoms with Crippen LogP contribution in [0.5, 0.6) is 0 Å². The van der Waals surface area contributed by atoms with Gasteiger partial charge < -0.3 is 15.7 Å². The lowest BCUT2D eigenvalue weighted by molar-refractivity contribution is -0.144. The van der Waals surface area contributed by atoms with Gasteiger partial charge in [0.2, 0.25) is 5.91 Å². The molecule has 1 saturated heterocycles. The quantitative estimate of drug-likeness (QED) is 0.860. The van der Waals surface area contributed by atoms with Gasteiger partial charge in [-0.2, -0.15) is 0 Å². The Morgan fingerprint density at radius 3 is 2.42 bits per heavy atom. The van der Waals surface area contributed by atoms with E-state index in [1.165, 1.54) is 0 Å². The highest BCUT2D eigenvalue weighted by Crippen LogP contribution is 2.27. The fourth-order valence-electron chi connectivity index (χ4n) is 2.58. The molecule has 1 aliphatic heterocycles. The number of carbonyl (C=O) groups excluding carboxylic acids is 1. The van der Waals surface area contributed by atoms with Gasteiger partial charge in [0.05, 0.1) is 5.92 Å². The number of carboxylic acid groups (broad SMARTS) is 1. The lowest BCUT2D eigenvalue weighted by atomic mass is 9.87. The predicted molar refractivity (Wildman–Crippen MR) is 72.1 cm³/mol. The number of nitrogens with zero attached hydrogens (tertiary/aromatic N) is 1. The molecule has 0 aromatic heterocycles. The lowest BCUT2D eigenvalue weighted by Gasteiger charge is -2.36. The van der Waals surface area contributed by atoms with Gasteiger partial charge in [-0.05, 0) is 36.6 Å². The number of hydrogen-bond donors (Lipinski definition) is 2. The summed E-state index contributed by atoms with van der Waals surface area (Å²) in [5.74, 6) is -1.30. The van der Waals surface area contributed by atoms with Crippen LogP contribution in [-0.4, -0.2) is 30.1 Å². The number of carboxylic acids is 1. The Bertz CT molecular complexity index is 484. The van der Waals surface area contributed by atoms with Crippen LogP contribution in [0.25, 0.3) is 0 Å². The summed E-state index contributed by atoms with van der Waals surface area (Å²) in [6.07, 6.45) is 0.647. The molecular formula is C14H18N2O3. The van der Waals surface area contributed by atoms with E-state index in [1.54, 1.807) is 12.1 Å². The van der Waals surface area contributed by atoms with Gasteiger partial charge in [-0.1, -0.05) is 6.92 Å². The third-order valence-electron chi connectivity index (χ3n) is 3.74. The maximum Gasteiger partial charge on any atom is 0.306 e. The van der Waals surface area contributed by atoms with Crippen molar-refractivity contribution in [2.24, 2.45) is 17.6 Å². The lowest BCUT2D eigenvalue weighted by Crippen LogP contribution is -2.42. The summed E-state index contributed by atoms with van der Waals surface area (Å²) in [5.41, 5.74) is 6.68. The second-order valence-corrected chi connectivity index (χ2v) is 5.07. The Morgan fingerprint density at radius 1 is 1.32 bits per heavy atom. The predicted octanol–water partition coefficient (Wildman–Crippen LogP) is 1.33. The van der Waals surface area contributed by atoms with Crippen LogP contribution < -0.4 is 10.6 Å². The van der Waals surface area contributed by atoms with Gasteiger partial charge in [-0.15, -0.1) is 0 Å². The molecule has 0 saturated carbocycles. The first-order chi connectivity index (χ1) is 8.99. The number of primary amides is 1. The normalized spacial score (nSPS) is 23.1. The van der Waals surface area contributed by atoms with Crippen molar-refractivity contribution in [1.29, 1.82) is 0 Å². The molecule has 19 heavy (non-hydrogen) atoms. The number of hydrogen-bond acceptors (Lipinski definition) is 3. The van der Waals surface area contributed by atoms with E-state index in [0.29, 0.717) is 18.5 Å². The summed E-state index contributed by atoms with van der Waals surface area (Å²) in [5, 5.41) is 9.09. The van der Waals surface area contributed by atoms with Crippen LogP contribution >= 0.6 is 0 Å². The van der Waals surface area contributed by atoms with E-state index in [1.807, 2.05) is 19.1 Å². The van der Waals surface area contributed by atoms with Crippen molar-refractivity contribution in [2.75, 3.05) is 18.0 Å². The van der Waals surface area contributed by atoms with Crippen molar-refractivity contribution in [3.05, 3.63) is 29.8 Å². The second-order valence-electron chi connectivity index (χ2n) is 5.07. The van der Waals surface area contributed by atoms with Gasteiger partial charge in [-0.25, -0.2) is 0 Å². The third-order valence-corrected chi connectivity index (χ3v) is 3.74. The highest BCUT2D eigenvalue weighted by molar-refractivity contribution is 5.93. The number of carbonyl (C=O) groups is 2. The highest BCUT2D eigenvalue weighted by atomic mass is 16.4. The molecule has 0 radical (unpaired) electrons. The minimum absolute atomic E-state index is 0.113. The molecule has 0 bridgehead atoms. The fraction of sp³-hybridized carbons (Fsp3) is 0.429.